The number of ether oxygens (including phenoxy) is 1. The molecule has 2 rings (SSSR count). The first kappa shape index (κ1) is 14.4. The number of nitrogens with zero attached hydrogens (tertiary/aromatic N) is 1. The Morgan fingerprint density at radius 1 is 1.37 bits per heavy atom. The fraction of sp³-hybridized carbons (Fsp3) is 0.625. The molecule has 1 aromatic carbocycles. The number of hydrogen-bond acceptors (Lipinski definition) is 3. The van der Waals surface area contributed by atoms with Gasteiger partial charge in [0.15, 0.2) is 0 Å². The molecule has 0 aromatic heterocycles. The monoisotopic (exact) mass is 263 g/mol. The molecule has 0 saturated carbocycles. The molecule has 0 saturated heterocycles. The van der Waals surface area contributed by atoms with Crippen LogP contribution in [0.4, 0.5) is 5.69 Å². The normalized spacial score (nSPS) is 16.6. The van der Waals surface area contributed by atoms with Crippen molar-refractivity contribution >= 4 is 5.69 Å². The fourth-order valence-corrected chi connectivity index (χ4v) is 2.58. The van der Waals surface area contributed by atoms with Gasteiger partial charge in [-0.25, -0.2) is 0 Å². The molecule has 1 unspecified atom stereocenters. The molecule has 0 bridgehead atoms. The fourth-order valence-electron chi connectivity index (χ4n) is 2.58. The van der Waals surface area contributed by atoms with Crippen molar-refractivity contribution < 1.29 is 9.84 Å². The summed E-state index contributed by atoms with van der Waals surface area (Å²) in [5.74, 6) is 0. The van der Waals surface area contributed by atoms with Gasteiger partial charge in [-0.1, -0.05) is 18.2 Å². The van der Waals surface area contributed by atoms with Crippen LogP contribution in [0, 0.1) is 6.92 Å². The first-order chi connectivity index (χ1) is 8.87. The Balaban J connectivity index is 1.96. The lowest BCUT2D eigenvalue weighted by atomic mass is 10.1. The maximum atomic E-state index is 10.1. The molecule has 106 valence electrons. The Kier molecular flexibility index (Phi) is 4.16. The molecular formula is C16H25NO2. The van der Waals surface area contributed by atoms with Crippen LogP contribution < -0.4 is 4.90 Å². The predicted octanol–water partition coefficient (Wildman–Crippen LogP) is 2.53. The summed E-state index contributed by atoms with van der Waals surface area (Å²) in [7, 11) is 0. The highest BCUT2D eigenvalue weighted by Gasteiger charge is 2.23. The van der Waals surface area contributed by atoms with E-state index in [4.69, 9.17) is 4.74 Å². The van der Waals surface area contributed by atoms with E-state index in [2.05, 4.69) is 30.0 Å². The third-order valence-corrected chi connectivity index (χ3v) is 3.43. The number of fused-ring (bicyclic) bond motifs is 1. The van der Waals surface area contributed by atoms with Crippen LogP contribution in [0.2, 0.25) is 0 Å². The Bertz CT molecular complexity index is 437. The zero-order valence-corrected chi connectivity index (χ0v) is 12.4. The number of benzene rings is 1. The SMILES string of the molecule is Cc1cccc2c1N(CC(O)COC(C)(C)C)CC2. The van der Waals surface area contributed by atoms with Crippen molar-refractivity contribution in [2.45, 2.75) is 45.8 Å². The van der Waals surface area contributed by atoms with E-state index in [0.717, 1.165) is 13.0 Å². The summed E-state index contributed by atoms with van der Waals surface area (Å²) >= 11 is 0. The molecule has 1 heterocycles. The molecule has 19 heavy (non-hydrogen) atoms. The smallest absolute Gasteiger partial charge is 0.0948 e. The van der Waals surface area contributed by atoms with Crippen LogP contribution in [0.1, 0.15) is 31.9 Å². The van der Waals surface area contributed by atoms with Crippen LogP contribution >= 0.6 is 0 Å². The summed E-state index contributed by atoms with van der Waals surface area (Å²) in [6.45, 7) is 10.2. The molecular weight excluding hydrogens is 238 g/mol. The second kappa shape index (κ2) is 5.51. The van der Waals surface area contributed by atoms with Gasteiger partial charge in [-0.3, -0.25) is 0 Å². The largest absolute Gasteiger partial charge is 0.389 e. The third-order valence-electron chi connectivity index (χ3n) is 3.43. The van der Waals surface area contributed by atoms with E-state index in [9.17, 15) is 5.11 Å². The standard InChI is InChI=1S/C16H25NO2/c1-12-6-5-7-13-8-9-17(15(12)13)10-14(18)11-19-16(2,3)4/h5-7,14,18H,8-11H2,1-4H3. The van der Waals surface area contributed by atoms with Gasteiger partial charge >= 0.3 is 0 Å². The third kappa shape index (κ3) is 3.71. The van der Waals surface area contributed by atoms with E-state index < -0.39 is 6.10 Å². The quantitative estimate of drug-likeness (QED) is 0.906. The van der Waals surface area contributed by atoms with Gasteiger partial charge in [0.2, 0.25) is 0 Å². The molecule has 0 spiro atoms. The molecule has 0 amide bonds. The molecule has 0 fully saturated rings. The van der Waals surface area contributed by atoms with Crippen molar-refractivity contribution in [2.75, 3.05) is 24.6 Å². The van der Waals surface area contributed by atoms with Crippen LogP contribution in [0.25, 0.3) is 0 Å². The molecule has 1 atom stereocenters. The molecule has 3 heteroatoms. The Labute approximate surface area is 116 Å². The van der Waals surface area contributed by atoms with Gasteiger partial charge in [-0.2, -0.15) is 0 Å². The van der Waals surface area contributed by atoms with E-state index in [1.54, 1.807) is 0 Å². The summed E-state index contributed by atoms with van der Waals surface area (Å²) in [6.07, 6.45) is 0.633. The minimum atomic E-state index is -0.440. The number of aliphatic hydroxyl groups excluding tert-OH is 1. The summed E-state index contributed by atoms with van der Waals surface area (Å²) in [6, 6.07) is 6.42. The van der Waals surface area contributed by atoms with E-state index in [1.807, 2.05) is 20.8 Å². The summed E-state index contributed by atoms with van der Waals surface area (Å²) < 4.78 is 5.64. The zero-order valence-electron chi connectivity index (χ0n) is 12.4. The molecule has 3 nitrogen and oxygen atoms in total. The Morgan fingerprint density at radius 2 is 2.11 bits per heavy atom. The second-order valence-corrected chi connectivity index (χ2v) is 6.36. The summed E-state index contributed by atoms with van der Waals surface area (Å²) in [5.41, 5.74) is 3.79. The van der Waals surface area contributed by atoms with Crippen molar-refractivity contribution in [1.29, 1.82) is 0 Å². The number of anilines is 1. The van der Waals surface area contributed by atoms with Gasteiger partial charge < -0.3 is 14.7 Å². The van der Waals surface area contributed by atoms with Crippen LogP contribution in [-0.4, -0.2) is 36.5 Å². The van der Waals surface area contributed by atoms with Crippen molar-refractivity contribution in [3.63, 3.8) is 0 Å². The molecule has 1 N–H and O–H groups in total. The maximum Gasteiger partial charge on any atom is 0.0948 e. The molecule has 0 radical (unpaired) electrons. The van der Waals surface area contributed by atoms with Crippen LogP contribution in [0.15, 0.2) is 18.2 Å². The molecule has 1 aliphatic heterocycles. The van der Waals surface area contributed by atoms with Gasteiger partial charge in [0, 0.05) is 18.8 Å². The lowest BCUT2D eigenvalue weighted by molar-refractivity contribution is -0.0462. The first-order valence-corrected chi connectivity index (χ1v) is 7.02. The maximum absolute atomic E-state index is 10.1. The number of aryl methyl sites for hydroxylation is 1. The highest BCUT2D eigenvalue weighted by atomic mass is 16.5. The minimum absolute atomic E-state index is 0.195. The first-order valence-electron chi connectivity index (χ1n) is 7.02. The zero-order chi connectivity index (χ0) is 14.0. The summed E-state index contributed by atoms with van der Waals surface area (Å²) in [5, 5.41) is 10.1. The average molecular weight is 263 g/mol. The van der Waals surface area contributed by atoms with Gasteiger partial charge in [-0.05, 0) is 45.2 Å². The summed E-state index contributed by atoms with van der Waals surface area (Å²) in [4.78, 5) is 2.28. The second-order valence-electron chi connectivity index (χ2n) is 6.36. The van der Waals surface area contributed by atoms with Crippen molar-refractivity contribution in [2.24, 2.45) is 0 Å². The van der Waals surface area contributed by atoms with Crippen LogP contribution in [-0.2, 0) is 11.2 Å². The average Bonchev–Trinajstić information content (AvgIpc) is 2.70. The van der Waals surface area contributed by atoms with E-state index in [1.165, 1.54) is 16.8 Å². The number of para-hydroxylation sites is 1. The minimum Gasteiger partial charge on any atom is -0.389 e. The topological polar surface area (TPSA) is 32.7 Å². The number of β-amino-alcohol motifs (C(OH)–C–C–N with tert-alkyl or cyclic N) is 1. The van der Waals surface area contributed by atoms with Crippen LogP contribution in [0.3, 0.4) is 0 Å². The molecule has 1 aliphatic rings. The van der Waals surface area contributed by atoms with Crippen molar-refractivity contribution in [3.8, 4) is 0 Å². The predicted molar refractivity (Wildman–Crippen MR) is 78.8 cm³/mol. The lowest BCUT2D eigenvalue weighted by Gasteiger charge is -2.27. The Hall–Kier alpha value is -1.06. The van der Waals surface area contributed by atoms with E-state index >= 15 is 0 Å². The number of rotatable bonds is 4. The molecule has 0 aliphatic carbocycles. The van der Waals surface area contributed by atoms with E-state index in [0.29, 0.717) is 13.2 Å². The van der Waals surface area contributed by atoms with Crippen molar-refractivity contribution in [3.05, 3.63) is 29.3 Å². The van der Waals surface area contributed by atoms with Crippen molar-refractivity contribution in [1.82, 2.24) is 0 Å². The van der Waals surface area contributed by atoms with E-state index in [-0.39, 0.29) is 5.60 Å². The highest BCUT2D eigenvalue weighted by molar-refractivity contribution is 5.62. The van der Waals surface area contributed by atoms with Gasteiger partial charge in [-0.15, -0.1) is 0 Å². The highest BCUT2D eigenvalue weighted by Crippen LogP contribution is 2.31. The molecule has 1 aromatic rings. The number of hydrogen-bond donors (Lipinski definition) is 1. The van der Waals surface area contributed by atoms with Gasteiger partial charge in [0.1, 0.15) is 0 Å². The Morgan fingerprint density at radius 3 is 2.79 bits per heavy atom. The lowest BCUT2D eigenvalue weighted by Crippen LogP contribution is -2.36. The number of aliphatic hydroxyl groups is 1. The van der Waals surface area contributed by atoms with Gasteiger partial charge in [0.25, 0.3) is 0 Å². The van der Waals surface area contributed by atoms with Crippen LogP contribution in [0.5, 0.6) is 0 Å². The van der Waals surface area contributed by atoms with Gasteiger partial charge in [0.05, 0.1) is 18.3 Å².